The van der Waals surface area contributed by atoms with Gasteiger partial charge in [-0.2, -0.15) is 0 Å². The maximum atomic E-state index is 11.4. The van der Waals surface area contributed by atoms with Gasteiger partial charge in [-0.05, 0) is 30.9 Å². The lowest BCUT2D eigenvalue weighted by atomic mass is 10.00. The third-order valence-electron chi connectivity index (χ3n) is 3.89. The van der Waals surface area contributed by atoms with E-state index in [0.29, 0.717) is 11.6 Å². The summed E-state index contributed by atoms with van der Waals surface area (Å²) in [6.45, 7) is 2.59. The molecule has 20 heavy (non-hydrogen) atoms. The third kappa shape index (κ3) is 2.41. The van der Waals surface area contributed by atoms with Crippen LogP contribution in [0.4, 0.5) is 5.82 Å². The van der Waals surface area contributed by atoms with E-state index in [1.807, 2.05) is 35.8 Å². The molecule has 106 valence electrons. The Kier molecular flexibility index (Phi) is 3.69. The average molecular weight is 273 g/mol. The molecule has 0 amide bonds. The molecule has 0 aromatic carbocycles. The number of fused-ring (bicyclic) bond motifs is 1. The molecule has 0 atom stereocenters. The van der Waals surface area contributed by atoms with E-state index >= 15 is 0 Å². The van der Waals surface area contributed by atoms with Crippen molar-refractivity contribution in [1.82, 2.24) is 9.38 Å². The van der Waals surface area contributed by atoms with Gasteiger partial charge in [0.2, 0.25) is 0 Å². The quantitative estimate of drug-likeness (QED) is 0.799. The first kappa shape index (κ1) is 13.1. The van der Waals surface area contributed by atoms with Crippen molar-refractivity contribution in [3.05, 3.63) is 30.1 Å². The van der Waals surface area contributed by atoms with Crippen LogP contribution in [-0.2, 0) is 4.74 Å². The Labute approximate surface area is 118 Å². The van der Waals surface area contributed by atoms with Gasteiger partial charge in [-0.1, -0.05) is 6.07 Å². The number of hydrogen-bond donors (Lipinski definition) is 0. The van der Waals surface area contributed by atoms with Gasteiger partial charge in [-0.15, -0.1) is 0 Å². The number of aromatic nitrogens is 2. The van der Waals surface area contributed by atoms with Gasteiger partial charge < -0.3 is 9.64 Å². The van der Waals surface area contributed by atoms with Gasteiger partial charge in [0.25, 0.3) is 0 Å². The lowest BCUT2D eigenvalue weighted by Crippen LogP contribution is -2.30. The summed E-state index contributed by atoms with van der Waals surface area (Å²) in [5.41, 5.74) is 1.43. The van der Waals surface area contributed by atoms with E-state index in [1.165, 1.54) is 0 Å². The summed E-state index contributed by atoms with van der Waals surface area (Å²) in [6, 6.07) is 5.75. The van der Waals surface area contributed by atoms with Crippen LogP contribution in [0.25, 0.3) is 5.65 Å². The van der Waals surface area contributed by atoms with E-state index < -0.39 is 0 Å². The van der Waals surface area contributed by atoms with E-state index in [-0.39, 0.29) is 0 Å². The zero-order valence-electron chi connectivity index (χ0n) is 11.7. The topological polar surface area (TPSA) is 46.8 Å². The fourth-order valence-electron chi connectivity index (χ4n) is 2.80. The molecule has 3 heterocycles. The molecule has 0 spiro atoms. The molecule has 3 rings (SSSR count). The Morgan fingerprint density at radius 1 is 1.45 bits per heavy atom. The number of ether oxygens (including phenoxy) is 1. The average Bonchev–Trinajstić information content (AvgIpc) is 2.87. The number of anilines is 1. The molecule has 2 aromatic rings. The monoisotopic (exact) mass is 273 g/mol. The highest BCUT2D eigenvalue weighted by molar-refractivity contribution is 5.83. The molecule has 0 saturated carbocycles. The molecule has 5 nitrogen and oxygen atoms in total. The highest BCUT2D eigenvalue weighted by atomic mass is 16.5. The van der Waals surface area contributed by atoms with E-state index in [2.05, 4.69) is 9.88 Å². The minimum absolute atomic E-state index is 0.609. The molecule has 0 radical (unpaired) electrons. The van der Waals surface area contributed by atoms with Crippen LogP contribution >= 0.6 is 0 Å². The van der Waals surface area contributed by atoms with Crippen LogP contribution in [0, 0.1) is 5.92 Å². The van der Waals surface area contributed by atoms with Crippen molar-refractivity contribution in [3.8, 4) is 0 Å². The van der Waals surface area contributed by atoms with Gasteiger partial charge in [0.1, 0.15) is 11.3 Å². The lowest BCUT2D eigenvalue weighted by molar-refractivity contribution is 0.0684. The summed E-state index contributed by atoms with van der Waals surface area (Å²) in [5.74, 6) is 1.37. The van der Waals surface area contributed by atoms with Gasteiger partial charge in [0, 0.05) is 33.0 Å². The van der Waals surface area contributed by atoms with Crippen molar-refractivity contribution in [2.24, 2.45) is 5.92 Å². The molecule has 0 aliphatic carbocycles. The second-order valence-corrected chi connectivity index (χ2v) is 5.30. The fraction of sp³-hybridized carbons (Fsp3) is 0.467. The van der Waals surface area contributed by atoms with Crippen LogP contribution in [0.1, 0.15) is 23.3 Å². The molecule has 0 N–H and O–H groups in total. The number of aldehydes is 1. The predicted molar refractivity (Wildman–Crippen MR) is 77.4 cm³/mol. The summed E-state index contributed by atoms with van der Waals surface area (Å²) in [5, 5.41) is 0. The molecule has 1 aliphatic heterocycles. The second-order valence-electron chi connectivity index (χ2n) is 5.30. The minimum atomic E-state index is 0.609. The Bertz CT molecular complexity index is 602. The first-order valence-corrected chi connectivity index (χ1v) is 7.00. The lowest BCUT2D eigenvalue weighted by Gasteiger charge is -2.27. The first-order valence-electron chi connectivity index (χ1n) is 7.00. The van der Waals surface area contributed by atoms with Crippen molar-refractivity contribution in [2.45, 2.75) is 12.8 Å². The van der Waals surface area contributed by atoms with Crippen LogP contribution < -0.4 is 4.90 Å². The summed E-state index contributed by atoms with van der Waals surface area (Å²) >= 11 is 0. The Morgan fingerprint density at radius 3 is 3.00 bits per heavy atom. The maximum Gasteiger partial charge on any atom is 0.170 e. The zero-order chi connectivity index (χ0) is 13.9. The summed E-state index contributed by atoms with van der Waals surface area (Å²) in [6.07, 6.45) is 4.91. The normalized spacial score (nSPS) is 16.4. The maximum absolute atomic E-state index is 11.4. The van der Waals surface area contributed by atoms with Crippen LogP contribution in [0.15, 0.2) is 24.4 Å². The number of carbonyl (C=O) groups is 1. The fourth-order valence-corrected chi connectivity index (χ4v) is 2.80. The second kappa shape index (κ2) is 5.63. The van der Waals surface area contributed by atoms with Gasteiger partial charge in [0.15, 0.2) is 12.1 Å². The Morgan fingerprint density at radius 2 is 2.25 bits per heavy atom. The van der Waals surface area contributed by atoms with Crippen LogP contribution in [-0.4, -0.2) is 42.5 Å². The number of nitrogens with zero attached hydrogens (tertiary/aromatic N) is 3. The van der Waals surface area contributed by atoms with Gasteiger partial charge in [-0.3, -0.25) is 9.20 Å². The molecule has 1 aliphatic rings. The number of pyridine rings is 1. The largest absolute Gasteiger partial charge is 0.381 e. The number of imidazole rings is 1. The van der Waals surface area contributed by atoms with E-state index in [1.54, 1.807) is 0 Å². The molecule has 1 fully saturated rings. The minimum Gasteiger partial charge on any atom is -0.381 e. The van der Waals surface area contributed by atoms with Crippen molar-refractivity contribution in [1.29, 1.82) is 0 Å². The highest BCUT2D eigenvalue weighted by Crippen LogP contribution is 2.22. The van der Waals surface area contributed by atoms with Crippen LogP contribution in [0.5, 0.6) is 0 Å². The van der Waals surface area contributed by atoms with Gasteiger partial charge >= 0.3 is 0 Å². The number of rotatable bonds is 4. The molecule has 5 heteroatoms. The molecule has 0 unspecified atom stereocenters. The van der Waals surface area contributed by atoms with Crippen LogP contribution in [0.3, 0.4) is 0 Å². The zero-order valence-corrected chi connectivity index (χ0v) is 11.7. The Balaban J connectivity index is 1.86. The van der Waals surface area contributed by atoms with E-state index in [4.69, 9.17) is 4.74 Å². The van der Waals surface area contributed by atoms with Gasteiger partial charge in [-0.25, -0.2) is 4.98 Å². The SMILES string of the molecule is CN(CC1CCOCC1)c1nc2ccccn2c1C=O. The Hall–Kier alpha value is -1.88. The van der Waals surface area contributed by atoms with Gasteiger partial charge in [0.05, 0.1) is 0 Å². The van der Waals surface area contributed by atoms with E-state index in [9.17, 15) is 4.79 Å². The van der Waals surface area contributed by atoms with Crippen LogP contribution in [0.2, 0.25) is 0 Å². The highest BCUT2D eigenvalue weighted by Gasteiger charge is 2.20. The summed E-state index contributed by atoms with van der Waals surface area (Å²) < 4.78 is 7.22. The van der Waals surface area contributed by atoms with E-state index in [0.717, 1.165) is 50.4 Å². The number of hydrogen-bond acceptors (Lipinski definition) is 4. The summed E-state index contributed by atoms with van der Waals surface area (Å²) in [4.78, 5) is 18.1. The molecule has 2 aromatic heterocycles. The smallest absolute Gasteiger partial charge is 0.170 e. The third-order valence-corrected chi connectivity index (χ3v) is 3.89. The van der Waals surface area contributed by atoms with Crippen molar-refractivity contribution in [3.63, 3.8) is 0 Å². The molecular weight excluding hydrogens is 254 g/mol. The van der Waals surface area contributed by atoms with Crippen molar-refractivity contribution >= 4 is 17.8 Å². The van der Waals surface area contributed by atoms with Crippen molar-refractivity contribution < 1.29 is 9.53 Å². The summed E-state index contributed by atoms with van der Waals surface area (Å²) in [7, 11) is 2.00. The molecular formula is C15H19N3O2. The standard InChI is InChI=1S/C15H19N3O2/c1-17(10-12-5-8-20-9-6-12)15-13(11-19)18-7-3-2-4-14(18)16-15/h2-4,7,11-12H,5-6,8-10H2,1H3. The first-order chi connectivity index (χ1) is 9.79. The number of carbonyl (C=O) groups excluding carboxylic acids is 1. The molecule has 0 bridgehead atoms. The predicted octanol–water partition coefficient (Wildman–Crippen LogP) is 2.01. The molecule has 1 saturated heterocycles. The van der Waals surface area contributed by atoms with Crippen molar-refractivity contribution in [2.75, 3.05) is 31.7 Å².